The maximum absolute atomic E-state index is 12.3. The van der Waals surface area contributed by atoms with Gasteiger partial charge < -0.3 is 0 Å². The topological polar surface area (TPSA) is 30.0 Å². The molecular weight excluding hydrogens is 322 g/mol. The lowest BCUT2D eigenvalue weighted by Gasteiger charge is -2.02. The van der Waals surface area contributed by atoms with Crippen molar-refractivity contribution in [2.45, 2.75) is 24.9 Å². The highest BCUT2D eigenvalue weighted by molar-refractivity contribution is 7.83. The van der Waals surface area contributed by atoms with Gasteiger partial charge in [0.15, 0.2) is 0 Å². The van der Waals surface area contributed by atoms with Crippen LogP contribution in [0.2, 0.25) is 0 Å². The zero-order chi connectivity index (χ0) is 16.1. The average Bonchev–Trinajstić information content (AvgIpc) is 2.95. The Hall–Kier alpha value is -1.78. The van der Waals surface area contributed by atoms with Gasteiger partial charge in [-0.1, -0.05) is 60.2 Å². The van der Waals surface area contributed by atoms with E-state index in [2.05, 4.69) is 36.2 Å². The fourth-order valence-corrected chi connectivity index (χ4v) is 4.54. The number of hydrogen-bond acceptors (Lipinski definition) is 3. The summed E-state index contributed by atoms with van der Waals surface area (Å²) in [6.07, 6.45) is 0.843. The van der Waals surface area contributed by atoms with Gasteiger partial charge in [-0.15, -0.1) is 11.3 Å². The smallest absolute Gasteiger partial charge is 0.0972 e. The second-order valence-corrected chi connectivity index (χ2v) is 8.01. The van der Waals surface area contributed by atoms with Crippen LogP contribution in [-0.2, 0) is 28.7 Å². The SMILES string of the molecule is Cc1cccc(C[S@](=O)Cc2csc(Cc3ccccc3)n2)c1. The molecule has 0 N–H and O–H groups in total. The largest absolute Gasteiger partial charge is 0.259 e. The quantitative estimate of drug-likeness (QED) is 0.661. The highest BCUT2D eigenvalue weighted by Gasteiger charge is 2.08. The van der Waals surface area contributed by atoms with Crippen LogP contribution in [0.3, 0.4) is 0 Å². The summed E-state index contributed by atoms with van der Waals surface area (Å²) in [6, 6.07) is 18.5. The van der Waals surface area contributed by atoms with Crippen molar-refractivity contribution in [3.05, 3.63) is 87.4 Å². The standard InChI is InChI=1S/C19H19NOS2/c1-15-6-5-9-17(10-15)13-23(21)14-18-12-22-19(20-18)11-16-7-3-2-4-8-16/h2-10,12H,11,13-14H2,1H3/t23-/m0/s1. The molecule has 0 amide bonds. The number of nitrogens with zero attached hydrogens (tertiary/aromatic N) is 1. The molecule has 0 spiro atoms. The van der Waals surface area contributed by atoms with E-state index in [1.54, 1.807) is 11.3 Å². The van der Waals surface area contributed by atoms with Crippen LogP contribution in [0.4, 0.5) is 0 Å². The minimum absolute atomic E-state index is 0.527. The van der Waals surface area contributed by atoms with Gasteiger partial charge in [-0.2, -0.15) is 0 Å². The molecule has 2 aromatic carbocycles. The molecular formula is C19H19NOS2. The van der Waals surface area contributed by atoms with Gasteiger partial charge in [-0.25, -0.2) is 4.98 Å². The van der Waals surface area contributed by atoms with Crippen LogP contribution in [-0.4, -0.2) is 9.19 Å². The second-order valence-electron chi connectivity index (χ2n) is 5.61. The van der Waals surface area contributed by atoms with Crippen LogP contribution in [0.1, 0.15) is 27.4 Å². The molecule has 4 heteroatoms. The summed E-state index contributed by atoms with van der Waals surface area (Å²) in [5.74, 6) is 1.12. The van der Waals surface area contributed by atoms with Crippen molar-refractivity contribution in [3.8, 4) is 0 Å². The van der Waals surface area contributed by atoms with E-state index < -0.39 is 10.8 Å². The molecule has 1 aromatic heterocycles. The first-order valence-corrected chi connectivity index (χ1v) is 9.93. The zero-order valence-corrected chi connectivity index (χ0v) is 14.7. The predicted octanol–water partition coefficient (Wildman–Crippen LogP) is 4.49. The Labute approximate surface area is 143 Å². The van der Waals surface area contributed by atoms with E-state index in [1.165, 1.54) is 11.1 Å². The Morgan fingerprint density at radius 2 is 1.78 bits per heavy atom. The van der Waals surface area contributed by atoms with Gasteiger partial charge in [0.2, 0.25) is 0 Å². The van der Waals surface area contributed by atoms with Crippen LogP contribution in [0.5, 0.6) is 0 Å². The first kappa shape index (κ1) is 16.1. The minimum Gasteiger partial charge on any atom is -0.259 e. The normalized spacial score (nSPS) is 12.2. The van der Waals surface area contributed by atoms with Gasteiger partial charge >= 0.3 is 0 Å². The third-order valence-electron chi connectivity index (χ3n) is 3.52. The average molecular weight is 342 g/mol. The summed E-state index contributed by atoms with van der Waals surface area (Å²) < 4.78 is 12.3. The lowest BCUT2D eigenvalue weighted by atomic mass is 10.2. The number of aromatic nitrogens is 1. The van der Waals surface area contributed by atoms with Gasteiger partial charge in [-0.05, 0) is 18.1 Å². The van der Waals surface area contributed by atoms with Crippen LogP contribution in [0.25, 0.3) is 0 Å². The fraction of sp³-hybridized carbons (Fsp3) is 0.211. The Kier molecular flexibility index (Phi) is 5.36. The molecule has 0 bridgehead atoms. The van der Waals surface area contributed by atoms with Crippen molar-refractivity contribution < 1.29 is 4.21 Å². The number of rotatable bonds is 6. The summed E-state index contributed by atoms with van der Waals surface area (Å²) in [7, 11) is -0.919. The lowest BCUT2D eigenvalue weighted by molar-refractivity contribution is 0.681. The van der Waals surface area contributed by atoms with E-state index >= 15 is 0 Å². The van der Waals surface area contributed by atoms with Gasteiger partial charge in [0, 0.05) is 28.4 Å². The van der Waals surface area contributed by atoms with Crippen molar-refractivity contribution in [3.63, 3.8) is 0 Å². The van der Waals surface area contributed by atoms with Crippen LogP contribution >= 0.6 is 11.3 Å². The summed E-state index contributed by atoms with van der Waals surface area (Å²) in [5.41, 5.74) is 4.53. The maximum atomic E-state index is 12.3. The molecule has 0 unspecified atom stereocenters. The molecule has 23 heavy (non-hydrogen) atoms. The molecule has 0 aliphatic heterocycles. The molecule has 0 aliphatic rings. The van der Waals surface area contributed by atoms with E-state index in [1.807, 2.05) is 35.7 Å². The summed E-state index contributed by atoms with van der Waals surface area (Å²) in [4.78, 5) is 4.63. The van der Waals surface area contributed by atoms with Crippen molar-refractivity contribution in [2.24, 2.45) is 0 Å². The van der Waals surface area contributed by atoms with Crippen molar-refractivity contribution in [1.82, 2.24) is 4.98 Å². The number of benzene rings is 2. The summed E-state index contributed by atoms with van der Waals surface area (Å²) in [6.45, 7) is 2.06. The molecule has 0 radical (unpaired) electrons. The van der Waals surface area contributed by atoms with E-state index in [-0.39, 0.29) is 0 Å². The van der Waals surface area contributed by atoms with Crippen molar-refractivity contribution in [1.29, 1.82) is 0 Å². The number of hydrogen-bond donors (Lipinski definition) is 0. The van der Waals surface area contributed by atoms with Crippen molar-refractivity contribution in [2.75, 3.05) is 0 Å². The summed E-state index contributed by atoms with van der Waals surface area (Å²) >= 11 is 1.65. The van der Waals surface area contributed by atoms with E-state index in [4.69, 9.17) is 0 Å². The van der Waals surface area contributed by atoms with Crippen molar-refractivity contribution >= 4 is 22.1 Å². The third kappa shape index (κ3) is 4.85. The molecule has 1 atom stereocenters. The second kappa shape index (κ2) is 7.66. The van der Waals surface area contributed by atoms with E-state index in [9.17, 15) is 4.21 Å². The molecule has 3 rings (SSSR count). The minimum atomic E-state index is -0.919. The molecule has 0 fully saturated rings. The van der Waals surface area contributed by atoms with Gasteiger partial charge in [0.05, 0.1) is 16.5 Å². The molecule has 3 aromatic rings. The van der Waals surface area contributed by atoms with Crippen LogP contribution in [0.15, 0.2) is 60.0 Å². The molecule has 0 saturated carbocycles. The van der Waals surface area contributed by atoms with Gasteiger partial charge in [-0.3, -0.25) is 4.21 Å². The molecule has 0 aliphatic carbocycles. The van der Waals surface area contributed by atoms with Crippen LogP contribution < -0.4 is 0 Å². The van der Waals surface area contributed by atoms with E-state index in [0.29, 0.717) is 11.5 Å². The molecule has 118 valence electrons. The Morgan fingerprint density at radius 3 is 2.57 bits per heavy atom. The maximum Gasteiger partial charge on any atom is 0.0972 e. The van der Waals surface area contributed by atoms with Gasteiger partial charge in [0.1, 0.15) is 0 Å². The predicted molar refractivity (Wildman–Crippen MR) is 98.1 cm³/mol. The Morgan fingerprint density at radius 1 is 1.00 bits per heavy atom. The zero-order valence-electron chi connectivity index (χ0n) is 13.1. The Bertz CT molecular complexity index is 796. The monoisotopic (exact) mass is 341 g/mol. The Balaban J connectivity index is 1.59. The van der Waals surface area contributed by atoms with E-state index in [0.717, 1.165) is 22.7 Å². The third-order valence-corrected chi connectivity index (χ3v) is 5.69. The molecule has 1 heterocycles. The van der Waals surface area contributed by atoms with Gasteiger partial charge in [0.25, 0.3) is 0 Å². The lowest BCUT2D eigenvalue weighted by Crippen LogP contribution is -2.00. The fourth-order valence-electron chi connectivity index (χ4n) is 2.47. The molecule has 2 nitrogen and oxygen atoms in total. The summed E-state index contributed by atoms with van der Waals surface area (Å²) in [5, 5.41) is 3.12. The first-order chi connectivity index (χ1) is 11.2. The molecule has 0 saturated heterocycles. The first-order valence-electron chi connectivity index (χ1n) is 7.57. The number of aryl methyl sites for hydroxylation is 1. The number of thiazole rings is 1. The van der Waals surface area contributed by atoms with Crippen LogP contribution in [0, 0.1) is 6.92 Å². The highest BCUT2D eigenvalue weighted by Crippen LogP contribution is 2.17. The highest BCUT2D eigenvalue weighted by atomic mass is 32.2.